The van der Waals surface area contributed by atoms with E-state index >= 15 is 0 Å². The van der Waals surface area contributed by atoms with Crippen LogP contribution in [0.3, 0.4) is 0 Å². The highest BCUT2D eigenvalue weighted by Crippen LogP contribution is 2.29. The van der Waals surface area contributed by atoms with E-state index in [1.54, 1.807) is 10.9 Å². The molecule has 0 radical (unpaired) electrons. The van der Waals surface area contributed by atoms with Crippen LogP contribution in [0.1, 0.15) is 29.8 Å². The molecular formula is C12H20N6O2. The maximum absolute atomic E-state index is 11.3. The third kappa shape index (κ3) is 2.67. The number of nitrogen functional groups attached to an aromatic ring is 1. The molecule has 2 unspecified atom stereocenters. The lowest BCUT2D eigenvalue weighted by molar-refractivity contribution is -0.0566. The van der Waals surface area contributed by atoms with E-state index in [1.807, 2.05) is 5.43 Å². The summed E-state index contributed by atoms with van der Waals surface area (Å²) in [5.41, 5.74) is 2.29. The molecular weight excluding hydrogens is 260 g/mol. The molecule has 1 aromatic rings. The van der Waals surface area contributed by atoms with Gasteiger partial charge in [0.2, 0.25) is 0 Å². The first-order valence-corrected chi connectivity index (χ1v) is 7.04. The van der Waals surface area contributed by atoms with E-state index in [-0.39, 0.29) is 5.69 Å². The van der Waals surface area contributed by atoms with Crippen LogP contribution in [-0.4, -0.2) is 57.6 Å². The van der Waals surface area contributed by atoms with Crippen LogP contribution in [0.2, 0.25) is 0 Å². The van der Waals surface area contributed by atoms with Crippen LogP contribution < -0.4 is 11.3 Å². The number of aromatic nitrogens is 3. The molecule has 2 atom stereocenters. The molecule has 1 aliphatic heterocycles. The summed E-state index contributed by atoms with van der Waals surface area (Å²) in [5, 5.41) is 7.74. The highest BCUT2D eigenvalue weighted by molar-refractivity contribution is 5.91. The summed E-state index contributed by atoms with van der Waals surface area (Å²) in [4.78, 5) is 13.8. The van der Waals surface area contributed by atoms with Crippen molar-refractivity contribution in [2.24, 2.45) is 5.84 Å². The zero-order valence-corrected chi connectivity index (χ0v) is 11.4. The van der Waals surface area contributed by atoms with Gasteiger partial charge in [-0.05, 0) is 19.3 Å². The number of carbonyl (C=O) groups excluding carboxylic acids is 1. The summed E-state index contributed by atoms with van der Waals surface area (Å²) in [7, 11) is 0. The number of nitrogens with zero attached hydrogens (tertiary/aromatic N) is 4. The minimum Gasteiger partial charge on any atom is -0.375 e. The summed E-state index contributed by atoms with van der Waals surface area (Å²) >= 11 is 0. The van der Waals surface area contributed by atoms with Crippen LogP contribution >= 0.6 is 0 Å². The predicted molar refractivity (Wildman–Crippen MR) is 70.6 cm³/mol. The summed E-state index contributed by atoms with van der Waals surface area (Å²) < 4.78 is 7.48. The quantitative estimate of drug-likeness (QED) is 0.423. The fraction of sp³-hybridized carbons (Fsp3) is 0.750. The Hall–Kier alpha value is -1.51. The monoisotopic (exact) mass is 280 g/mol. The fourth-order valence-corrected chi connectivity index (χ4v) is 3.10. The largest absolute Gasteiger partial charge is 0.375 e. The fourth-order valence-electron chi connectivity index (χ4n) is 3.10. The Kier molecular flexibility index (Phi) is 3.95. The van der Waals surface area contributed by atoms with E-state index in [0.717, 1.165) is 19.7 Å². The summed E-state index contributed by atoms with van der Waals surface area (Å²) in [5.74, 6) is 4.65. The molecule has 20 heavy (non-hydrogen) atoms. The van der Waals surface area contributed by atoms with Gasteiger partial charge in [-0.15, -0.1) is 5.10 Å². The van der Waals surface area contributed by atoms with E-state index in [1.165, 1.54) is 19.3 Å². The molecule has 1 amide bonds. The number of nitrogens with two attached hydrogens (primary N) is 1. The van der Waals surface area contributed by atoms with Gasteiger partial charge in [0.05, 0.1) is 25.5 Å². The smallest absolute Gasteiger partial charge is 0.287 e. The first kappa shape index (κ1) is 13.5. The first-order chi connectivity index (χ1) is 9.78. The molecule has 3 rings (SSSR count). The van der Waals surface area contributed by atoms with Crippen molar-refractivity contribution < 1.29 is 9.53 Å². The lowest BCUT2D eigenvalue weighted by Gasteiger charge is -2.37. The standard InChI is InChI=1S/C12H20N6O2/c13-14-12(19)9-8-18(16-15-9)5-4-17-6-7-20-11-3-1-2-10(11)17/h8,10-11H,1-7,13H2,(H,14,19). The van der Waals surface area contributed by atoms with Gasteiger partial charge in [-0.25, -0.2) is 5.84 Å². The highest BCUT2D eigenvalue weighted by atomic mass is 16.5. The minimum atomic E-state index is -0.418. The molecule has 1 aromatic heterocycles. The molecule has 1 aliphatic carbocycles. The minimum absolute atomic E-state index is 0.244. The van der Waals surface area contributed by atoms with E-state index in [9.17, 15) is 4.79 Å². The average molecular weight is 280 g/mol. The number of rotatable bonds is 4. The van der Waals surface area contributed by atoms with Gasteiger partial charge in [-0.1, -0.05) is 5.21 Å². The molecule has 3 N–H and O–H groups in total. The van der Waals surface area contributed by atoms with Crippen molar-refractivity contribution in [3.8, 4) is 0 Å². The number of hydrazine groups is 1. The maximum atomic E-state index is 11.3. The molecule has 110 valence electrons. The number of ether oxygens (including phenoxy) is 1. The lowest BCUT2D eigenvalue weighted by Crippen LogP contribution is -2.49. The van der Waals surface area contributed by atoms with E-state index < -0.39 is 5.91 Å². The SMILES string of the molecule is NNC(=O)c1cn(CCN2CCOC3CCCC32)nn1. The Morgan fingerprint density at radius 3 is 3.25 bits per heavy atom. The third-order valence-electron chi connectivity index (χ3n) is 4.12. The number of fused-ring (bicyclic) bond motifs is 1. The van der Waals surface area contributed by atoms with E-state index in [4.69, 9.17) is 10.6 Å². The molecule has 2 aliphatic rings. The zero-order chi connectivity index (χ0) is 13.9. The van der Waals surface area contributed by atoms with Crippen molar-refractivity contribution in [3.63, 3.8) is 0 Å². The van der Waals surface area contributed by atoms with Gasteiger partial charge in [-0.3, -0.25) is 19.8 Å². The molecule has 0 aromatic carbocycles. The van der Waals surface area contributed by atoms with Crippen LogP contribution in [0.25, 0.3) is 0 Å². The number of amides is 1. The molecule has 2 heterocycles. The van der Waals surface area contributed by atoms with Crippen molar-refractivity contribution >= 4 is 5.91 Å². The van der Waals surface area contributed by atoms with Gasteiger partial charge in [0.15, 0.2) is 5.69 Å². The maximum Gasteiger partial charge on any atom is 0.287 e. The number of carbonyl (C=O) groups is 1. The Labute approximate surface area is 117 Å². The second-order valence-corrected chi connectivity index (χ2v) is 5.28. The van der Waals surface area contributed by atoms with Crippen LogP contribution in [0.15, 0.2) is 6.20 Å². The topological polar surface area (TPSA) is 98.3 Å². The predicted octanol–water partition coefficient (Wildman–Crippen LogP) is -0.865. The van der Waals surface area contributed by atoms with Crippen molar-refractivity contribution in [2.75, 3.05) is 19.7 Å². The van der Waals surface area contributed by atoms with Crippen molar-refractivity contribution in [1.82, 2.24) is 25.3 Å². The van der Waals surface area contributed by atoms with Gasteiger partial charge in [0.1, 0.15) is 0 Å². The number of morpholine rings is 1. The van der Waals surface area contributed by atoms with Gasteiger partial charge in [-0.2, -0.15) is 0 Å². The summed E-state index contributed by atoms with van der Waals surface area (Å²) in [6.07, 6.45) is 5.65. The molecule has 1 saturated carbocycles. The first-order valence-electron chi connectivity index (χ1n) is 7.04. The number of hydrogen-bond donors (Lipinski definition) is 2. The highest BCUT2D eigenvalue weighted by Gasteiger charge is 2.35. The molecule has 0 spiro atoms. The van der Waals surface area contributed by atoms with Crippen LogP contribution in [0.5, 0.6) is 0 Å². The van der Waals surface area contributed by atoms with Gasteiger partial charge in [0, 0.05) is 19.1 Å². The normalized spacial score (nSPS) is 26.4. The summed E-state index contributed by atoms with van der Waals surface area (Å²) in [6, 6.07) is 0.541. The second kappa shape index (κ2) is 5.86. The van der Waals surface area contributed by atoms with Crippen molar-refractivity contribution in [2.45, 2.75) is 38.0 Å². The zero-order valence-electron chi connectivity index (χ0n) is 11.4. The van der Waals surface area contributed by atoms with Crippen LogP contribution in [0.4, 0.5) is 0 Å². The molecule has 8 nitrogen and oxygen atoms in total. The van der Waals surface area contributed by atoms with Gasteiger partial charge >= 0.3 is 0 Å². The molecule has 8 heteroatoms. The van der Waals surface area contributed by atoms with E-state index in [0.29, 0.717) is 18.7 Å². The van der Waals surface area contributed by atoms with E-state index in [2.05, 4.69) is 15.2 Å². The van der Waals surface area contributed by atoms with Crippen molar-refractivity contribution in [3.05, 3.63) is 11.9 Å². The van der Waals surface area contributed by atoms with Crippen molar-refractivity contribution in [1.29, 1.82) is 0 Å². The lowest BCUT2D eigenvalue weighted by atomic mass is 10.1. The number of nitrogens with one attached hydrogen (secondary N) is 1. The Morgan fingerprint density at radius 2 is 2.40 bits per heavy atom. The summed E-state index contributed by atoms with van der Waals surface area (Å²) in [6.45, 7) is 3.39. The molecule has 0 bridgehead atoms. The second-order valence-electron chi connectivity index (χ2n) is 5.28. The number of hydrogen-bond acceptors (Lipinski definition) is 6. The molecule has 2 fully saturated rings. The van der Waals surface area contributed by atoms with Gasteiger partial charge < -0.3 is 4.74 Å². The average Bonchev–Trinajstić information content (AvgIpc) is 3.13. The van der Waals surface area contributed by atoms with Gasteiger partial charge in [0.25, 0.3) is 5.91 Å². The Morgan fingerprint density at radius 1 is 1.50 bits per heavy atom. The third-order valence-corrected chi connectivity index (χ3v) is 4.12. The van der Waals surface area contributed by atoms with Crippen LogP contribution in [0, 0.1) is 0 Å². The Bertz CT molecular complexity index is 476. The van der Waals surface area contributed by atoms with Crippen LogP contribution in [-0.2, 0) is 11.3 Å². The molecule has 1 saturated heterocycles. The Balaban J connectivity index is 1.56.